The molecule has 0 radical (unpaired) electrons. The van der Waals surface area contributed by atoms with E-state index in [-0.39, 0.29) is 5.91 Å². The van der Waals surface area contributed by atoms with Crippen molar-refractivity contribution in [3.8, 4) is 0 Å². The molecule has 5 heteroatoms. The van der Waals surface area contributed by atoms with Crippen LogP contribution >= 0.6 is 0 Å². The van der Waals surface area contributed by atoms with Gasteiger partial charge >= 0.3 is 5.97 Å². The van der Waals surface area contributed by atoms with Crippen LogP contribution in [0.1, 0.15) is 31.0 Å². The van der Waals surface area contributed by atoms with Gasteiger partial charge in [-0.3, -0.25) is 4.79 Å². The van der Waals surface area contributed by atoms with Crippen molar-refractivity contribution < 1.29 is 19.4 Å². The third-order valence-corrected chi connectivity index (χ3v) is 3.56. The molecule has 1 aliphatic rings. The Labute approximate surface area is 118 Å². The number of benzene rings is 1. The first-order valence-corrected chi connectivity index (χ1v) is 6.79. The molecule has 2 unspecified atom stereocenters. The number of carbonyl (C=O) groups is 2. The minimum Gasteiger partial charge on any atom is -0.479 e. The highest BCUT2D eigenvalue weighted by Gasteiger charge is 2.37. The Bertz CT molecular complexity index is 514. The van der Waals surface area contributed by atoms with Crippen molar-refractivity contribution in [3.05, 3.63) is 35.4 Å². The Balaban J connectivity index is 2.31. The predicted octanol–water partition coefficient (Wildman–Crippen LogP) is 1.62. The first-order chi connectivity index (χ1) is 9.56. The van der Waals surface area contributed by atoms with Crippen molar-refractivity contribution in [2.75, 3.05) is 13.2 Å². The van der Waals surface area contributed by atoms with Gasteiger partial charge in [-0.1, -0.05) is 24.3 Å². The van der Waals surface area contributed by atoms with Gasteiger partial charge in [-0.05, 0) is 31.4 Å². The summed E-state index contributed by atoms with van der Waals surface area (Å²) >= 11 is 0. The molecule has 0 saturated carbocycles. The number of rotatable bonds is 4. The molecular weight excluding hydrogens is 258 g/mol. The van der Waals surface area contributed by atoms with Gasteiger partial charge in [0.15, 0.2) is 6.04 Å². The third kappa shape index (κ3) is 2.67. The number of fused-ring (bicyclic) bond motifs is 1. The summed E-state index contributed by atoms with van der Waals surface area (Å²) < 4.78 is 5.29. The number of carbonyl (C=O) groups excluding carboxylic acids is 1. The molecule has 1 N–H and O–H groups in total. The van der Waals surface area contributed by atoms with E-state index >= 15 is 0 Å². The Morgan fingerprint density at radius 1 is 1.45 bits per heavy atom. The van der Waals surface area contributed by atoms with Crippen LogP contribution < -0.4 is 0 Å². The number of aliphatic carboxylic acids is 1. The molecule has 0 bridgehead atoms. The lowest BCUT2D eigenvalue weighted by Crippen LogP contribution is -2.47. The van der Waals surface area contributed by atoms with Crippen LogP contribution in [0.25, 0.3) is 0 Å². The lowest BCUT2D eigenvalue weighted by atomic mass is 9.92. The van der Waals surface area contributed by atoms with Gasteiger partial charge in [0.25, 0.3) is 5.91 Å². The van der Waals surface area contributed by atoms with Gasteiger partial charge in [0.05, 0.1) is 0 Å². The van der Waals surface area contributed by atoms with Crippen LogP contribution in [-0.4, -0.2) is 41.1 Å². The predicted molar refractivity (Wildman–Crippen MR) is 73.3 cm³/mol. The molecule has 1 aromatic rings. The molecule has 0 aromatic heterocycles. The van der Waals surface area contributed by atoms with E-state index in [1.165, 1.54) is 4.90 Å². The minimum atomic E-state index is -1.01. The highest BCUT2D eigenvalue weighted by atomic mass is 16.5. The summed E-state index contributed by atoms with van der Waals surface area (Å²) in [6.07, 6.45) is 0.0528. The quantitative estimate of drug-likeness (QED) is 0.908. The Hall–Kier alpha value is -1.88. The standard InChI is InChI=1S/C15H19NO4/c1-3-20-10(2)14(17)16-9-8-11-6-4-5-7-12(11)13(16)15(18)19/h4-7,10,13H,3,8-9H2,1-2H3,(H,18,19). The van der Waals surface area contributed by atoms with E-state index in [1.54, 1.807) is 19.1 Å². The van der Waals surface area contributed by atoms with E-state index in [9.17, 15) is 14.7 Å². The number of nitrogens with zero attached hydrogens (tertiary/aromatic N) is 1. The SMILES string of the molecule is CCOC(C)C(=O)N1CCc2ccccc2C1C(=O)O. The van der Waals surface area contributed by atoms with E-state index in [4.69, 9.17) is 4.74 Å². The van der Waals surface area contributed by atoms with Crippen molar-refractivity contribution in [1.29, 1.82) is 0 Å². The van der Waals surface area contributed by atoms with Crippen molar-refractivity contribution in [2.45, 2.75) is 32.4 Å². The van der Waals surface area contributed by atoms with Gasteiger partial charge in [0.2, 0.25) is 0 Å². The number of carboxylic acids is 1. The van der Waals surface area contributed by atoms with Gasteiger partial charge in [0, 0.05) is 13.2 Å². The zero-order chi connectivity index (χ0) is 14.7. The molecule has 0 aliphatic carbocycles. The fourth-order valence-electron chi connectivity index (χ4n) is 2.63. The van der Waals surface area contributed by atoms with Crippen LogP contribution in [0.2, 0.25) is 0 Å². The second-order valence-corrected chi connectivity index (χ2v) is 4.82. The van der Waals surface area contributed by atoms with Crippen molar-refractivity contribution in [3.63, 3.8) is 0 Å². The third-order valence-electron chi connectivity index (χ3n) is 3.56. The molecule has 5 nitrogen and oxygen atoms in total. The molecule has 1 amide bonds. The van der Waals surface area contributed by atoms with Gasteiger partial charge in [-0.2, -0.15) is 0 Å². The highest BCUT2D eigenvalue weighted by Crippen LogP contribution is 2.30. The zero-order valence-corrected chi connectivity index (χ0v) is 11.7. The first-order valence-electron chi connectivity index (χ1n) is 6.79. The molecule has 1 aromatic carbocycles. The summed E-state index contributed by atoms with van der Waals surface area (Å²) in [5.41, 5.74) is 1.69. The van der Waals surface area contributed by atoms with Crippen LogP contribution in [0.4, 0.5) is 0 Å². The number of ether oxygens (including phenoxy) is 1. The lowest BCUT2D eigenvalue weighted by molar-refractivity contribution is -0.156. The first kappa shape index (κ1) is 14.5. The van der Waals surface area contributed by atoms with E-state index in [2.05, 4.69) is 0 Å². The maximum atomic E-state index is 12.4. The number of amides is 1. The van der Waals surface area contributed by atoms with Crippen LogP contribution in [0.5, 0.6) is 0 Å². The fourth-order valence-corrected chi connectivity index (χ4v) is 2.63. The molecule has 1 aliphatic heterocycles. The largest absolute Gasteiger partial charge is 0.479 e. The summed E-state index contributed by atoms with van der Waals surface area (Å²) in [5.74, 6) is -1.28. The summed E-state index contributed by atoms with van der Waals surface area (Å²) in [5, 5.41) is 9.48. The smallest absolute Gasteiger partial charge is 0.331 e. The molecule has 0 fully saturated rings. The van der Waals surface area contributed by atoms with Crippen LogP contribution in [0.15, 0.2) is 24.3 Å². The van der Waals surface area contributed by atoms with E-state index in [0.717, 1.165) is 5.56 Å². The minimum absolute atomic E-state index is 0.270. The van der Waals surface area contributed by atoms with E-state index in [1.807, 2.05) is 19.1 Å². The highest BCUT2D eigenvalue weighted by molar-refractivity contribution is 5.87. The molecule has 1 heterocycles. The number of hydrogen-bond acceptors (Lipinski definition) is 3. The maximum absolute atomic E-state index is 12.4. The average Bonchev–Trinajstić information content (AvgIpc) is 2.45. The van der Waals surface area contributed by atoms with Crippen LogP contribution in [0, 0.1) is 0 Å². The second-order valence-electron chi connectivity index (χ2n) is 4.82. The van der Waals surface area contributed by atoms with Crippen LogP contribution in [-0.2, 0) is 20.7 Å². The lowest BCUT2D eigenvalue weighted by Gasteiger charge is -2.36. The maximum Gasteiger partial charge on any atom is 0.331 e. The molecule has 0 saturated heterocycles. The molecular formula is C15H19NO4. The molecule has 2 atom stereocenters. The van der Waals surface area contributed by atoms with E-state index in [0.29, 0.717) is 25.1 Å². The zero-order valence-electron chi connectivity index (χ0n) is 11.7. The fraction of sp³-hybridized carbons (Fsp3) is 0.467. The summed E-state index contributed by atoms with van der Waals surface area (Å²) in [4.78, 5) is 25.3. The van der Waals surface area contributed by atoms with Crippen molar-refractivity contribution in [1.82, 2.24) is 4.90 Å². The normalized spacial score (nSPS) is 19.3. The molecule has 2 rings (SSSR count). The summed E-state index contributed by atoms with van der Waals surface area (Å²) in [6.45, 7) is 4.30. The van der Waals surface area contributed by atoms with Gasteiger partial charge in [-0.25, -0.2) is 4.79 Å². The van der Waals surface area contributed by atoms with Crippen LogP contribution in [0.3, 0.4) is 0 Å². The topological polar surface area (TPSA) is 66.8 Å². The van der Waals surface area contributed by atoms with Gasteiger partial charge < -0.3 is 14.7 Å². The molecule has 108 valence electrons. The van der Waals surface area contributed by atoms with Crippen molar-refractivity contribution in [2.24, 2.45) is 0 Å². The monoisotopic (exact) mass is 277 g/mol. The van der Waals surface area contributed by atoms with Gasteiger partial charge in [0.1, 0.15) is 6.10 Å². The molecule has 20 heavy (non-hydrogen) atoms. The van der Waals surface area contributed by atoms with Gasteiger partial charge in [-0.15, -0.1) is 0 Å². The Morgan fingerprint density at radius 3 is 2.80 bits per heavy atom. The van der Waals surface area contributed by atoms with Crippen molar-refractivity contribution >= 4 is 11.9 Å². The Kier molecular flexibility index (Phi) is 4.39. The Morgan fingerprint density at radius 2 is 2.15 bits per heavy atom. The summed E-state index contributed by atoms with van der Waals surface area (Å²) in [7, 11) is 0. The average molecular weight is 277 g/mol. The second kappa shape index (κ2) is 6.05. The molecule has 0 spiro atoms. The number of hydrogen-bond donors (Lipinski definition) is 1. The van der Waals surface area contributed by atoms with E-state index < -0.39 is 18.1 Å². The number of carboxylic acid groups (broad SMARTS) is 1. The summed E-state index contributed by atoms with van der Waals surface area (Å²) in [6, 6.07) is 6.46.